The van der Waals surface area contributed by atoms with Crippen molar-refractivity contribution in [3.8, 4) is 12.0 Å². The van der Waals surface area contributed by atoms with Gasteiger partial charge in [-0.05, 0) is 58.0 Å². The molecule has 2 aliphatic rings. The van der Waals surface area contributed by atoms with Gasteiger partial charge >= 0.3 is 6.01 Å². The third kappa shape index (κ3) is 5.26. The quantitative estimate of drug-likeness (QED) is 0.478. The van der Waals surface area contributed by atoms with E-state index in [2.05, 4.69) is 32.1 Å². The topological polar surface area (TPSA) is 112 Å². The largest absolute Gasteiger partial charge is 0.468 e. The first-order valence-electron chi connectivity index (χ1n) is 12.4. The van der Waals surface area contributed by atoms with Crippen LogP contribution in [0.5, 0.6) is 12.0 Å². The van der Waals surface area contributed by atoms with Gasteiger partial charge in [0.25, 0.3) is 6.01 Å². The molecule has 0 spiro atoms. The molecule has 3 unspecified atom stereocenters. The summed E-state index contributed by atoms with van der Waals surface area (Å²) in [5, 5.41) is 7.45. The first-order chi connectivity index (χ1) is 15.7. The number of aromatic nitrogens is 4. The summed E-state index contributed by atoms with van der Waals surface area (Å²) < 4.78 is 13.7. The summed E-state index contributed by atoms with van der Waals surface area (Å²) in [5.41, 5.74) is 7.57. The van der Waals surface area contributed by atoms with Gasteiger partial charge in [-0.2, -0.15) is 15.0 Å². The molecule has 4 rings (SSSR count). The van der Waals surface area contributed by atoms with E-state index in [1.807, 2.05) is 0 Å². The van der Waals surface area contributed by atoms with Crippen LogP contribution in [0.15, 0.2) is 0 Å². The predicted octanol–water partition coefficient (Wildman–Crippen LogP) is 3.20. The van der Waals surface area contributed by atoms with E-state index in [9.17, 15) is 0 Å². The van der Waals surface area contributed by atoms with Crippen molar-refractivity contribution >= 4 is 17.0 Å². The van der Waals surface area contributed by atoms with Gasteiger partial charge in [-0.25, -0.2) is 0 Å². The average Bonchev–Trinajstić information content (AvgIpc) is 3.20. The lowest BCUT2D eigenvalue weighted by atomic mass is 9.91. The normalized spacial score (nSPS) is 22.7. The van der Waals surface area contributed by atoms with Gasteiger partial charge in [0.1, 0.15) is 0 Å². The second-order valence-corrected chi connectivity index (χ2v) is 9.08. The van der Waals surface area contributed by atoms with E-state index >= 15 is 0 Å². The van der Waals surface area contributed by atoms with Gasteiger partial charge in [0.2, 0.25) is 0 Å². The Kier molecular flexibility index (Phi) is 8.02. The van der Waals surface area contributed by atoms with Crippen molar-refractivity contribution in [1.29, 1.82) is 0 Å². The Labute approximate surface area is 190 Å². The molecule has 9 nitrogen and oxygen atoms in total. The molecule has 2 fully saturated rings. The van der Waals surface area contributed by atoms with Crippen LogP contribution in [-0.2, 0) is 0 Å². The number of imidazole rings is 1. The fourth-order valence-corrected chi connectivity index (χ4v) is 5.03. The number of nitrogens with one attached hydrogen (secondary N) is 2. The van der Waals surface area contributed by atoms with Gasteiger partial charge < -0.3 is 25.8 Å². The Morgan fingerprint density at radius 1 is 1.09 bits per heavy atom. The number of hydrogen-bond donors (Lipinski definition) is 3. The summed E-state index contributed by atoms with van der Waals surface area (Å²) in [5.74, 6) is 0.336. The smallest absolute Gasteiger partial charge is 0.320 e. The summed E-state index contributed by atoms with van der Waals surface area (Å²) in [6.07, 6.45) is 11.6. The lowest BCUT2D eigenvalue weighted by Crippen LogP contribution is -2.42. The Balaban J connectivity index is 1.68. The number of hydrogen-bond acceptors (Lipinski definition) is 8. The highest BCUT2D eigenvalue weighted by Gasteiger charge is 2.31. The molecule has 0 amide bonds. The second-order valence-electron chi connectivity index (χ2n) is 9.08. The van der Waals surface area contributed by atoms with E-state index in [-0.39, 0.29) is 6.04 Å². The van der Waals surface area contributed by atoms with Crippen molar-refractivity contribution in [2.24, 2.45) is 0 Å². The van der Waals surface area contributed by atoms with Crippen molar-refractivity contribution < 1.29 is 9.47 Å². The van der Waals surface area contributed by atoms with Crippen LogP contribution < -0.4 is 25.8 Å². The lowest BCUT2D eigenvalue weighted by Gasteiger charge is -2.34. The number of ether oxygens (including phenoxy) is 2. The molecule has 3 atom stereocenters. The molecule has 4 N–H and O–H groups in total. The number of nitrogens with zero attached hydrogens (tertiary/aromatic N) is 4. The van der Waals surface area contributed by atoms with E-state index < -0.39 is 0 Å². The molecular formula is C23H39N7O2. The molecule has 2 aromatic heterocycles. The average molecular weight is 446 g/mol. The zero-order valence-electron chi connectivity index (χ0n) is 19.6. The summed E-state index contributed by atoms with van der Waals surface area (Å²) >= 11 is 0. The molecule has 2 saturated heterocycles. The first-order valence-corrected chi connectivity index (χ1v) is 12.4. The van der Waals surface area contributed by atoms with Crippen molar-refractivity contribution in [2.45, 2.75) is 89.3 Å². The predicted molar refractivity (Wildman–Crippen MR) is 126 cm³/mol. The number of nitrogens with two attached hydrogens (primary N) is 1. The summed E-state index contributed by atoms with van der Waals surface area (Å²) in [7, 11) is 1.66. The zero-order valence-corrected chi connectivity index (χ0v) is 19.6. The highest BCUT2D eigenvalue weighted by molar-refractivity contribution is 5.83. The van der Waals surface area contributed by atoms with Crippen LogP contribution in [0.25, 0.3) is 11.2 Å². The number of piperidine rings is 2. The van der Waals surface area contributed by atoms with Crippen LogP contribution >= 0.6 is 0 Å². The standard InChI is InChI=1S/C23H39N7O2/c1-3-4-15-32-22-28-20(24)19-21(29-22)30(23(27-19)31-2)18(17-10-6-8-14-26-17)12-11-16-9-5-7-13-25-16/h16-18,25-26H,3-15H2,1-2H3,(H2,24,28,29). The van der Waals surface area contributed by atoms with Crippen LogP contribution in [0.3, 0.4) is 0 Å². The van der Waals surface area contributed by atoms with Crippen LogP contribution in [0.1, 0.15) is 77.2 Å². The van der Waals surface area contributed by atoms with Crippen LogP contribution in [-0.4, -0.2) is 58.4 Å². The molecule has 4 heterocycles. The maximum Gasteiger partial charge on any atom is 0.320 e. The number of anilines is 1. The minimum Gasteiger partial charge on any atom is -0.468 e. The molecule has 0 aromatic carbocycles. The SMILES string of the molecule is CCCCOc1nc(N)c2nc(OC)n(C(CCC3CCCCN3)C3CCCCN3)c2n1. The number of methoxy groups -OCH3 is 1. The Morgan fingerprint density at radius 2 is 1.91 bits per heavy atom. The van der Waals surface area contributed by atoms with Gasteiger partial charge in [-0.3, -0.25) is 4.57 Å². The molecule has 0 bridgehead atoms. The van der Waals surface area contributed by atoms with Gasteiger partial charge in [0.15, 0.2) is 17.0 Å². The maximum atomic E-state index is 6.28. The van der Waals surface area contributed by atoms with E-state index in [4.69, 9.17) is 20.2 Å². The summed E-state index contributed by atoms with van der Waals surface area (Å²) in [6, 6.07) is 1.96. The van der Waals surface area contributed by atoms with Crippen molar-refractivity contribution in [3.05, 3.63) is 0 Å². The lowest BCUT2D eigenvalue weighted by molar-refractivity contribution is 0.240. The third-order valence-corrected chi connectivity index (χ3v) is 6.79. The minimum absolute atomic E-state index is 0.178. The molecule has 178 valence electrons. The van der Waals surface area contributed by atoms with Crippen molar-refractivity contribution in [1.82, 2.24) is 30.2 Å². The number of fused-ring (bicyclic) bond motifs is 1. The molecule has 0 saturated carbocycles. The molecular weight excluding hydrogens is 406 g/mol. The summed E-state index contributed by atoms with van der Waals surface area (Å²) in [6.45, 7) is 4.87. The molecule has 2 aromatic rings. The molecule has 0 aliphatic carbocycles. The van der Waals surface area contributed by atoms with Gasteiger partial charge in [0, 0.05) is 12.1 Å². The van der Waals surface area contributed by atoms with Crippen molar-refractivity contribution in [3.63, 3.8) is 0 Å². The molecule has 9 heteroatoms. The van der Waals surface area contributed by atoms with Crippen LogP contribution in [0.4, 0.5) is 5.82 Å². The highest BCUT2D eigenvalue weighted by atomic mass is 16.5. The Bertz CT molecular complexity index is 860. The minimum atomic E-state index is 0.178. The number of rotatable bonds is 10. The van der Waals surface area contributed by atoms with E-state index in [0.717, 1.165) is 45.2 Å². The van der Waals surface area contributed by atoms with Crippen LogP contribution in [0, 0.1) is 0 Å². The summed E-state index contributed by atoms with van der Waals surface area (Å²) in [4.78, 5) is 13.8. The van der Waals surface area contributed by atoms with E-state index in [1.54, 1.807) is 7.11 Å². The fourth-order valence-electron chi connectivity index (χ4n) is 5.03. The first kappa shape index (κ1) is 23.0. The molecule has 2 aliphatic heterocycles. The fraction of sp³-hybridized carbons (Fsp3) is 0.783. The van der Waals surface area contributed by atoms with Gasteiger partial charge in [-0.15, -0.1) is 0 Å². The second kappa shape index (κ2) is 11.1. The molecule has 32 heavy (non-hydrogen) atoms. The monoisotopic (exact) mass is 445 g/mol. The zero-order chi connectivity index (χ0) is 22.3. The third-order valence-electron chi connectivity index (χ3n) is 6.79. The van der Waals surface area contributed by atoms with Gasteiger partial charge in [0.05, 0.1) is 19.8 Å². The number of unbranched alkanes of at least 4 members (excludes halogenated alkanes) is 1. The maximum absolute atomic E-state index is 6.28. The van der Waals surface area contributed by atoms with E-state index in [0.29, 0.717) is 47.7 Å². The van der Waals surface area contributed by atoms with Gasteiger partial charge in [-0.1, -0.05) is 26.2 Å². The Morgan fingerprint density at radius 3 is 2.59 bits per heavy atom. The molecule has 0 radical (unpaired) electrons. The van der Waals surface area contributed by atoms with Crippen LogP contribution in [0.2, 0.25) is 0 Å². The Hall–Kier alpha value is -2.13. The van der Waals surface area contributed by atoms with E-state index in [1.165, 1.54) is 32.1 Å². The van der Waals surface area contributed by atoms with Crippen molar-refractivity contribution in [2.75, 3.05) is 32.5 Å². The highest BCUT2D eigenvalue weighted by Crippen LogP contribution is 2.35. The number of nitrogen functional groups attached to an aromatic ring is 1.